The van der Waals surface area contributed by atoms with E-state index in [2.05, 4.69) is 15.0 Å². The van der Waals surface area contributed by atoms with E-state index in [4.69, 9.17) is 0 Å². The lowest BCUT2D eigenvalue weighted by Gasteiger charge is -1.96. The van der Waals surface area contributed by atoms with Gasteiger partial charge < -0.3 is 4.98 Å². The van der Waals surface area contributed by atoms with E-state index in [-0.39, 0.29) is 5.56 Å². The SMILES string of the molecule is Cc1cncc2nc[nH]c(=O)c12. The van der Waals surface area contributed by atoms with Crippen molar-refractivity contribution in [2.45, 2.75) is 6.92 Å². The fourth-order valence-electron chi connectivity index (χ4n) is 1.18. The van der Waals surface area contributed by atoms with E-state index in [9.17, 15) is 4.79 Å². The Bertz CT molecular complexity index is 470. The standard InChI is InChI=1S/C8H7N3O/c1-5-2-9-3-6-7(5)8(12)11-4-10-6/h2-4H,1H3,(H,10,11,12). The first-order chi connectivity index (χ1) is 5.79. The van der Waals surface area contributed by atoms with Crippen molar-refractivity contribution in [2.75, 3.05) is 0 Å². The molecule has 2 rings (SSSR count). The fraction of sp³-hybridized carbons (Fsp3) is 0.125. The number of hydrogen-bond acceptors (Lipinski definition) is 3. The van der Waals surface area contributed by atoms with Crippen LogP contribution in [0.15, 0.2) is 23.5 Å². The lowest BCUT2D eigenvalue weighted by atomic mass is 10.2. The molecule has 4 heteroatoms. The Morgan fingerprint density at radius 1 is 1.42 bits per heavy atom. The molecule has 0 unspecified atom stereocenters. The van der Waals surface area contributed by atoms with Crippen LogP contribution in [0.1, 0.15) is 5.56 Å². The zero-order valence-electron chi connectivity index (χ0n) is 6.53. The van der Waals surface area contributed by atoms with Crippen LogP contribution in [0, 0.1) is 6.92 Å². The Morgan fingerprint density at radius 3 is 3.00 bits per heavy atom. The molecule has 0 aliphatic heterocycles. The number of pyridine rings is 1. The van der Waals surface area contributed by atoms with Crippen LogP contribution < -0.4 is 5.56 Å². The lowest BCUT2D eigenvalue weighted by Crippen LogP contribution is -2.07. The van der Waals surface area contributed by atoms with Gasteiger partial charge in [-0.3, -0.25) is 9.78 Å². The van der Waals surface area contributed by atoms with Crippen LogP contribution in [0.5, 0.6) is 0 Å². The smallest absolute Gasteiger partial charge is 0.258 e. The highest BCUT2D eigenvalue weighted by molar-refractivity contribution is 5.79. The molecule has 2 aromatic heterocycles. The maximum Gasteiger partial charge on any atom is 0.258 e. The van der Waals surface area contributed by atoms with Gasteiger partial charge in [0.1, 0.15) is 0 Å². The molecule has 0 bridgehead atoms. The maximum atomic E-state index is 11.3. The zero-order valence-corrected chi connectivity index (χ0v) is 6.53. The molecule has 0 amide bonds. The molecular weight excluding hydrogens is 154 g/mol. The topological polar surface area (TPSA) is 58.6 Å². The molecule has 0 atom stereocenters. The van der Waals surface area contributed by atoms with Crippen LogP contribution in [-0.4, -0.2) is 15.0 Å². The van der Waals surface area contributed by atoms with Gasteiger partial charge in [-0.1, -0.05) is 0 Å². The number of fused-ring (bicyclic) bond motifs is 1. The molecule has 2 aromatic rings. The second kappa shape index (κ2) is 2.41. The van der Waals surface area contributed by atoms with Gasteiger partial charge in [-0.25, -0.2) is 4.98 Å². The number of hydrogen-bond donors (Lipinski definition) is 1. The summed E-state index contributed by atoms with van der Waals surface area (Å²) in [5.41, 5.74) is 1.38. The molecule has 0 saturated heterocycles. The van der Waals surface area contributed by atoms with Crippen LogP contribution in [0.2, 0.25) is 0 Å². The van der Waals surface area contributed by atoms with Crippen molar-refractivity contribution in [1.82, 2.24) is 15.0 Å². The summed E-state index contributed by atoms with van der Waals surface area (Å²) in [7, 11) is 0. The Morgan fingerprint density at radius 2 is 2.25 bits per heavy atom. The van der Waals surface area contributed by atoms with Crippen molar-refractivity contribution >= 4 is 10.9 Å². The molecule has 12 heavy (non-hydrogen) atoms. The summed E-state index contributed by atoms with van der Waals surface area (Å²) >= 11 is 0. The summed E-state index contributed by atoms with van der Waals surface area (Å²) < 4.78 is 0. The molecule has 0 aliphatic carbocycles. The number of aromatic amines is 1. The first kappa shape index (κ1) is 6.97. The predicted molar refractivity (Wildman–Crippen MR) is 44.9 cm³/mol. The van der Waals surface area contributed by atoms with Gasteiger partial charge in [-0.15, -0.1) is 0 Å². The molecule has 0 aliphatic rings. The lowest BCUT2D eigenvalue weighted by molar-refractivity contribution is 1.15. The molecule has 0 fully saturated rings. The Kier molecular flexibility index (Phi) is 1.40. The maximum absolute atomic E-state index is 11.3. The van der Waals surface area contributed by atoms with Crippen molar-refractivity contribution in [2.24, 2.45) is 0 Å². The van der Waals surface area contributed by atoms with E-state index in [0.717, 1.165) is 5.56 Å². The third kappa shape index (κ3) is 0.887. The zero-order chi connectivity index (χ0) is 8.55. The second-order valence-corrected chi connectivity index (χ2v) is 2.58. The molecule has 4 nitrogen and oxygen atoms in total. The van der Waals surface area contributed by atoms with E-state index in [1.165, 1.54) is 6.33 Å². The minimum Gasteiger partial charge on any atom is -0.313 e. The molecule has 60 valence electrons. The van der Waals surface area contributed by atoms with E-state index in [1.54, 1.807) is 12.4 Å². The van der Waals surface area contributed by atoms with Gasteiger partial charge in [-0.05, 0) is 12.5 Å². The summed E-state index contributed by atoms with van der Waals surface area (Å²) in [4.78, 5) is 21.7. The number of nitrogens with zero attached hydrogens (tertiary/aromatic N) is 2. The van der Waals surface area contributed by atoms with Gasteiger partial charge >= 0.3 is 0 Å². The van der Waals surface area contributed by atoms with Crippen LogP contribution in [0.4, 0.5) is 0 Å². The molecule has 0 radical (unpaired) electrons. The van der Waals surface area contributed by atoms with E-state index >= 15 is 0 Å². The number of nitrogens with one attached hydrogen (secondary N) is 1. The fourth-order valence-corrected chi connectivity index (χ4v) is 1.18. The van der Waals surface area contributed by atoms with Gasteiger partial charge in [0.25, 0.3) is 5.56 Å². The third-order valence-corrected chi connectivity index (χ3v) is 1.74. The monoisotopic (exact) mass is 161 g/mol. The number of rotatable bonds is 0. The van der Waals surface area contributed by atoms with E-state index in [0.29, 0.717) is 10.9 Å². The highest BCUT2D eigenvalue weighted by Gasteiger charge is 2.00. The summed E-state index contributed by atoms with van der Waals surface area (Å²) in [5.74, 6) is 0. The van der Waals surface area contributed by atoms with Crippen LogP contribution in [0.25, 0.3) is 10.9 Å². The average Bonchev–Trinajstić information content (AvgIpc) is 2.04. The summed E-state index contributed by atoms with van der Waals surface area (Å²) in [6.07, 6.45) is 4.61. The first-order valence-corrected chi connectivity index (χ1v) is 3.57. The summed E-state index contributed by atoms with van der Waals surface area (Å²) in [6.45, 7) is 1.84. The normalized spacial score (nSPS) is 10.4. The first-order valence-electron chi connectivity index (χ1n) is 3.57. The highest BCUT2D eigenvalue weighted by Crippen LogP contribution is 2.07. The minimum absolute atomic E-state index is 0.111. The van der Waals surface area contributed by atoms with Gasteiger partial charge in [0.05, 0.1) is 23.4 Å². The molecule has 0 aromatic carbocycles. The Hall–Kier alpha value is -1.71. The molecule has 0 spiro atoms. The summed E-state index contributed by atoms with van der Waals surface area (Å²) in [6, 6.07) is 0. The van der Waals surface area contributed by atoms with Crippen LogP contribution >= 0.6 is 0 Å². The molecule has 0 saturated carbocycles. The molecular formula is C8H7N3O. The van der Waals surface area contributed by atoms with Gasteiger partial charge in [-0.2, -0.15) is 0 Å². The third-order valence-electron chi connectivity index (χ3n) is 1.74. The van der Waals surface area contributed by atoms with Gasteiger partial charge in [0.15, 0.2) is 0 Å². The van der Waals surface area contributed by atoms with Gasteiger partial charge in [0.2, 0.25) is 0 Å². The quantitative estimate of drug-likeness (QED) is 0.616. The van der Waals surface area contributed by atoms with Crippen LogP contribution in [-0.2, 0) is 0 Å². The Balaban J connectivity index is 3.07. The molecule has 1 N–H and O–H groups in total. The van der Waals surface area contributed by atoms with Gasteiger partial charge in [0, 0.05) is 6.20 Å². The van der Waals surface area contributed by atoms with Crippen molar-refractivity contribution in [3.8, 4) is 0 Å². The minimum atomic E-state index is -0.111. The predicted octanol–water partition coefficient (Wildman–Crippen LogP) is 0.627. The second-order valence-electron chi connectivity index (χ2n) is 2.58. The van der Waals surface area contributed by atoms with E-state index < -0.39 is 0 Å². The largest absolute Gasteiger partial charge is 0.313 e. The molecule has 2 heterocycles. The van der Waals surface area contributed by atoms with Crippen molar-refractivity contribution in [3.05, 3.63) is 34.6 Å². The van der Waals surface area contributed by atoms with Crippen molar-refractivity contribution < 1.29 is 0 Å². The summed E-state index contributed by atoms with van der Waals surface area (Å²) in [5, 5.41) is 0.618. The van der Waals surface area contributed by atoms with Crippen LogP contribution in [0.3, 0.4) is 0 Å². The van der Waals surface area contributed by atoms with Crippen molar-refractivity contribution in [1.29, 1.82) is 0 Å². The highest BCUT2D eigenvalue weighted by atomic mass is 16.1. The Labute approximate surface area is 68.3 Å². The van der Waals surface area contributed by atoms with Crippen molar-refractivity contribution in [3.63, 3.8) is 0 Å². The number of aryl methyl sites for hydroxylation is 1. The van der Waals surface area contributed by atoms with E-state index in [1.807, 2.05) is 6.92 Å². The number of aromatic nitrogens is 3. The average molecular weight is 161 g/mol. The number of H-pyrrole nitrogens is 1.